The molecule has 26 heavy (non-hydrogen) atoms. The highest BCUT2D eigenvalue weighted by Gasteiger charge is 2.36. The fourth-order valence-electron chi connectivity index (χ4n) is 3.24. The number of nitrogens with zero attached hydrogens (tertiary/aromatic N) is 1. The van der Waals surface area contributed by atoms with Crippen LogP contribution < -0.4 is 10.2 Å². The lowest BCUT2D eigenvalue weighted by Crippen LogP contribution is -2.29. The van der Waals surface area contributed by atoms with Gasteiger partial charge in [0.15, 0.2) is 0 Å². The van der Waals surface area contributed by atoms with Crippen molar-refractivity contribution in [2.45, 2.75) is 26.7 Å². The maximum Gasteiger partial charge on any atom is 0.229 e. The second kappa shape index (κ2) is 7.23. The Hall–Kier alpha value is -2.76. The SMILES string of the molecule is CCc1cccc(C)c1NC(=O)C1CC(=O)N(c2ccc(F)cc2F)C1. The Labute approximate surface area is 150 Å². The predicted octanol–water partition coefficient (Wildman–Crippen LogP) is 3.83. The summed E-state index contributed by atoms with van der Waals surface area (Å²) in [6.07, 6.45) is 0.768. The van der Waals surface area contributed by atoms with Crippen molar-refractivity contribution in [3.8, 4) is 0 Å². The summed E-state index contributed by atoms with van der Waals surface area (Å²) in [4.78, 5) is 26.1. The number of nitrogens with one attached hydrogen (secondary N) is 1. The number of carbonyl (C=O) groups excluding carboxylic acids is 2. The molecule has 2 aromatic carbocycles. The van der Waals surface area contributed by atoms with Gasteiger partial charge in [0.05, 0.1) is 11.6 Å². The second-order valence-corrected chi connectivity index (χ2v) is 6.45. The van der Waals surface area contributed by atoms with Gasteiger partial charge in [0, 0.05) is 24.7 Å². The molecule has 1 atom stereocenters. The first-order valence-electron chi connectivity index (χ1n) is 8.55. The third-order valence-corrected chi connectivity index (χ3v) is 4.68. The van der Waals surface area contributed by atoms with Gasteiger partial charge >= 0.3 is 0 Å². The zero-order chi connectivity index (χ0) is 18.8. The molecule has 6 heteroatoms. The van der Waals surface area contributed by atoms with E-state index in [1.165, 1.54) is 11.0 Å². The summed E-state index contributed by atoms with van der Waals surface area (Å²) < 4.78 is 27.0. The first-order valence-corrected chi connectivity index (χ1v) is 8.55. The Kier molecular flexibility index (Phi) is 5.02. The maximum atomic E-state index is 14.0. The van der Waals surface area contributed by atoms with Gasteiger partial charge in [0.1, 0.15) is 11.6 Å². The number of aryl methyl sites for hydroxylation is 2. The summed E-state index contributed by atoms with van der Waals surface area (Å²) in [5, 5.41) is 2.92. The van der Waals surface area contributed by atoms with E-state index in [4.69, 9.17) is 0 Å². The molecular weight excluding hydrogens is 338 g/mol. The molecule has 1 saturated heterocycles. The van der Waals surface area contributed by atoms with Crippen molar-refractivity contribution in [2.24, 2.45) is 5.92 Å². The molecule has 0 bridgehead atoms. The van der Waals surface area contributed by atoms with Crippen LogP contribution in [-0.4, -0.2) is 18.4 Å². The zero-order valence-electron chi connectivity index (χ0n) is 14.7. The van der Waals surface area contributed by atoms with E-state index in [9.17, 15) is 18.4 Å². The molecule has 2 amide bonds. The normalized spacial score (nSPS) is 16.8. The van der Waals surface area contributed by atoms with E-state index in [2.05, 4.69) is 5.32 Å². The van der Waals surface area contributed by atoms with Crippen molar-refractivity contribution < 1.29 is 18.4 Å². The molecule has 0 saturated carbocycles. The van der Waals surface area contributed by atoms with Gasteiger partial charge in [-0.3, -0.25) is 9.59 Å². The van der Waals surface area contributed by atoms with Crippen LogP contribution in [0.15, 0.2) is 36.4 Å². The molecule has 0 aromatic heterocycles. The first-order chi connectivity index (χ1) is 12.4. The first kappa shape index (κ1) is 18.0. The van der Waals surface area contributed by atoms with Crippen molar-refractivity contribution in [2.75, 3.05) is 16.8 Å². The Morgan fingerprint density at radius 2 is 2.04 bits per heavy atom. The van der Waals surface area contributed by atoms with Crippen LogP contribution in [0.3, 0.4) is 0 Å². The summed E-state index contributed by atoms with van der Waals surface area (Å²) >= 11 is 0. The number of hydrogen-bond donors (Lipinski definition) is 1. The molecule has 0 aliphatic carbocycles. The van der Waals surface area contributed by atoms with Crippen molar-refractivity contribution >= 4 is 23.2 Å². The highest BCUT2D eigenvalue weighted by Crippen LogP contribution is 2.29. The third-order valence-electron chi connectivity index (χ3n) is 4.68. The van der Waals surface area contributed by atoms with Crippen molar-refractivity contribution in [1.82, 2.24) is 0 Å². The molecule has 1 heterocycles. The molecule has 0 spiro atoms. The van der Waals surface area contributed by atoms with Crippen LogP contribution >= 0.6 is 0 Å². The summed E-state index contributed by atoms with van der Waals surface area (Å²) in [6, 6.07) is 8.84. The standard InChI is InChI=1S/C20H20F2N2O2/c1-3-13-6-4-5-12(2)19(13)23-20(26)14-9-18(25)24(11-14)17-8-7-15(21)10-16(17)22/h4-8,10,14H,3,9,11H2,1-2H3,(H,23,26). The molecule has 0 radical (unpaired) electrons. The fraction of sp³-hybridized carbons (Fsp3) is 0.300. The fourth-order valence-corrected chi connectivity index (χ4v) is 3.24. The molecule has 2 aromatic rings. The topological polar surface area (TPSA) is 49.4 Å². The van der Waals surface area contributed by atoms with Gasteiger partial charge in [-0.2, -0.15) is 0 Å². The van der Waals surface area contributed by atoms with Gasteiger partial charge < -0.3 is 10.2 Å². The summed E-state index contributed by atoms with van der Waals surface area (Å²) in [6.45, 7) is 3.98. The minimum Gasteiger partial charge on any atom is -0.325 e. The van der Waals surface area contributed by atoms with Gasteiger partial charge in [-0.05, 0) is 36.6 Å². The Balaban J connectivity index is 1.77. The predicted molar refractivity (Wildman–Crippen MR) is 96.0 cm³/mol. The van der Waals surface area contributed by atoms with E-state index in [-0.39, 0.29) is 30.5 Å². The van der Waals surface area contributed by atoms with Crippen LogP contribution in [-0.2, 0) is 16.0 Å². The minimum atomic E-state index is -0.813. The molecule has 1 aliphatic heterocycles. The van der Waals surface area contributed by atoms with Gasteiger partial charge in [-0.1, -0.05) is 25.1 Å². The van der Waals surface area contributed by atoms with Crippen LogP contribution in [0.4, 0.5) is 20.2 Å². The molecule has 1 N–H and O–H groups in total. The van der Waals surface area contributed by atoms with Gasteiger partial charge in [-0.15, -0.1) is 0 Å². The van der Waals surface area contributed by atoms with E-state index in [1.54, 1.807) is 0 Å². The van der Waals surface area contributed by atoms with Crippen LogP contribution in [0.25, 0.3) is 0 Å². The van der Waals surface area contributed by atoms with Crippen LogP contribution in [0.2, 0.25) is 0 Å². The average Bonchev–Trinajstić information content (AvgIpc) is 2.98. The lowest BCUT2D eigenvalue weighted by molar-refractivity contribution is -0.122. The van der Waals surface area contributed by atoms with Gasteiger partial charge in [-0.25, -0.2) is 8.78 Å². The number of amides is 2. The number of hydrogen-bond acceptors (Lipinski definition) is 2. The van der Waals surface area contributed by atoms with Crippen molar-refractivity contribution in [1.29, 1.82) is 0 Å². The molecule has 1 unspecified atom stereocenters. The maximum absolute atomic E-state index is 14.0. The number of rotatable bonds is 4. The number of para-hydroxylation sites is 1. The molecule has 136 valence electrons. The Morgan fingerprint density at radius 3 is 2.73 bits per heavy atom. The largest absolute Gasteiger partial charge is 0.325 e. The highest BCUT2D eigenvalue weighted by molar-refractivity contribution is 6.04. The van der Waals surface area contributed by atoms with Crippen molar-refractivity contribution in [3.63, 3.8) is 0 Å². The number of anilines is 2. The minimum absolute atomic E-state index is 0.00293. The third kappa shape index (κ3) is 3.45. The van der Waals surface area contributed by atoms with Crippen LogP contribution in [0.5, 0.6) is 0 Å². The molecule has 4 nitrogen and oxygen atoms in total. The summed E-state index contributed by atoms with van der Waals surface area (Å²) in [5.74, 6) is -2.73. The van der Waals surface area contributed by atoms with E-state index in [0.29, 0.717) is 0 Å². The van der Waals surface area contributed by atoms with Gasteiger partial charge in [0.25, 0.3) is 0 Å². The van der Waals surface area contributed by atoms with Gasteiger partial charge in [0.2, 0.25) is 11.8 Å². The lowest BCUT2D eigenvalue weighted by atomic mass is 10.0. The number of carbonyl (C=O) groups is 2. The molecule has 1 aliphatic rings. The number of benzene rings is 2. The second-order valence-electron chi connectivity index (χ2n) is 6.45. The molecule has 1 fully saturated rings. The Morgan fingerprint density at radius 1 is 1.27 bits per heavy atom. The van der Waals surface area contributed by atoms with E-state index < -0.39 is 17.6 Å². The zero-order valence-corrected chi connectivity index (χ0v) is 14.7. The van der Waals surface area contributed by atoms with Crippen LogP contribution in [0, 0.1) is 24.5 Å². The Bertz CT molecular complexity index is 867. The lowest BCUT2D eigenvalue weighted by Gasteiger charge is -2.18. The highest BCUT2D eigenvalue weighted by atomic mass is 19.1. The van der Waals surface area contributed by atoms with E-state index in [1.807, 2.05) is 32.0 Å². The monoisotopic (exact) mass is 358 g/mol. The summed E-state index contributed by atoms with van der Waals surface area (Å²) in [5.41, 5.74) is 2.73. The summed E-state index contributed by atoms with van der Waals surface area (Å²) in [7, 11) is 0. The average molecular weight is 358 g/mol. The quantitative estimate of drug-likeness (QED) is 0.903. The van der Waals surface area contributed by atoms with E-state index in [0.717, 1.165) is 35.4 Å². The van der Waals surface area contributed by atoms with Crippen molar-refractivity contribution in [3.05, 3.63) is 59.2 Å². The molecule has 3 rings (SSSR count). The van der Waals surface area contributed by atoms with Crippen LogP contribution in [0.1, 0.15) is 24.5 Å². The number of halogens is 2. The molecular formula is C20H20F2N2O2. The van der Waals surface area contributed by atoms with E-state index >= 15 is 0 Å². The smallest absolute Gasteiger partial charge is 0.229 e.